The number of hydrogen-bond acceptors (Lipinski definition) is 3. The van der Waals surface area contributed by atoms with Gasteiger partial charge < -0.3 is 4.74 Å². The van der Waals surface area contributed by atoms with Crippen LogP contribution in [0.15, 0.2) is 11.6 Å². The minimum absolute atomic E-state index is 0.0692. The zero-order chi connectivity index (χ0) is 17.7. The van der Waals surface area contributed by atoms with E-state index in [1.807, 2.05) is 6.92 Å². The Bertz CT molecular complexity index is 576. The van der Waals surface area contributed by atoms with Gasteiger partial charge in [0.2, 0.25) is 0 Å². The van der Waals surface area contributed by atoms with Crippen LogP contribution in [0.3, 0.4) is 0 Å². The first-order chi connectivity index (χ1) is 11.2. The van der Waals surface area contributed by atoms with Crippen LogP contribution in [0.25, 0.3) is 0 Å². The molecule has 0 radical (unpaired) electrons. The summed E-state index contributed by atoms with van der Waals surface area (Å²) in [4.78, 5) is 25.1. The smallest absolute Gasteiger partial charge is 0.312 e. The third-order valence-electron chi connectivity index (χ3n) is 7.43. The molecule has 0 aromatic rings. The zero-order valence-corrected chi connectivity index (χ0v) is 15.9. The van der Waals surface area contributed by atoms with E-state index in [1.54, 1.807) is 5.57 Å². The number of methoxy groups -OCH3 is 1. The van der Waals surface area contributed by atoms with Gasteiger partial charge >= 0.3 is 5.97 Å². The van der Waals surface area contributed by atoms with E-state index in [0.717, 1.165) is 25.7 Å². The number of allylic oxidation sites excluding steroid dienone is 2. The highest BCUT2D eigenvalue weighted by Crippen LogP contribution is 2.63. The normalized spacial score (nSPS) is 42.2. The Kier molecular flexibility index (Phi) is 4.42. The van der Waals surface area contributed by atoms with Gasteiger partial charge in [0, 0.05) is 12.8 Å². The molecular formula is C21H32O3. The van der Waals surface area contributed by atoms with Gasteiger partial charge in [0.05, 0.1) is 12.5 Å². The average Bonchev–Trinajstić information content (AvgIpc) is 2.52. The fourth-order valence-corrected chi connectivity index (χ4v) is 6.31. The Morgan fingerprint density at radius 3 is 2.54 bits per heavy atom. The van der Waals surface area contributed by atoms with Gasteiger partial charge in [-0.2, -0.15) is 0 Å². The third kappa shape index (κ3) is 2.55. The number of carbonyl (C=O) groups is 2. The molecule has 0 heterocycles. The molecule has 5 atom stereocenters. The van der Waals surface area contributed by atoms with Crippen molar-refractivity contribution in [3.05, 3.63) is 11.6 Å². The maximum Gasteiger partial charge on any atom is 0.312 e. The van der Waals surface area contributed by atoms with Crippen LogP contribution >= 0.6 is 0 Å². The lowest BCUT2D eigenvalue weighted by Gasteiger charge is -2.59. The van der Waals surface area contributed by atoms with Crippen molar-refractivity contribution in [2.24, 2.45) is 34.5 Å². The van der Waals surface area contributed by atoms with Gasteiger partial charge in [0.25, 0.3) is 0 Å². The highest BCUT2D eigenvalue weighted by molar-refractivity contribution is 5.89. The van der Waals surface area contributed by atoms with Crippen molar-refractivity contribution in [1.29, 1.82) is 0 Å². The van der Waals surface area contributed by atoms with Crippen LogP contribution in [0, 0.1) is 34.5 Å². The van der Waals surface area contributed by atoms with Crippen LogP contribution in [0.1, 0.15) is 66.2 Å². The van der Waals surface area contributed by atoms with E-state index in [0.29, 0.717) is 30.6 Å². The topological polar surface area (TPSA) is 43.4 Å². The SMILES string of the molecule is COC(=O)[C@]1(C)CC(=O)C[C@@]2(C)[C@H]1CCC1C=C(C(C)C)CC[C@@H]12. The highest BCUT2D eigenvalue weighted by atomic mass is 16.5. The van der Waals surface area contributed by atoms with Gasteiger partial charge in [-0.15, -0.1) is 0 Å². The van der Waals surface area contributed by atoms with Crippen LogP contribution in [0.4, 0.5) is 0 Å². The van der Waals surface area contributed by atoms with Gasteiger partial charge in [-0.05, 0) is 61.7 Å². The van der Waals surface area contributed by atoms with Crippen molar-refractivity contribution in [2.75, 3.05) is 7.11 Å². The number of carbonyl (C=O) groups excluding carboxylic acids is 2. The van der Waals surface area contributed by atoms with Crippen molar-refractivity contribution < 1.29 is 14.3 Å². The van der Waals surface area contributed by atoms with E-state index < -0.39 is 5.41 Å². The summed E-state index contributed by atoms with van der Waals surface area (Å²) >= 11 is 0. The summed E-state index contributed by atoms with van der Waals surface area (Å²) in [5.74, 6) is 2.01. The molecule has 3 heteroatoms. The second-order valence-electron chi connectivity index (χ2n) is 9.14. The van der Waals surface area contributed by atoms with Gasteiger partial charge in [0.15, 0.2) is 0 Å². The Labute approximate surface area is 146 Å². The van der Waals surface area contributed by atoms with Crippen molar-refractivity contribution >= 4 is 11.8 Å². The number of ether oxygens (including phenoxy) is 1. The van der Waals surface area contributed by atoms with Crippen LogP contribution in [-0.2, 0) is 14.3 Å². The predicted octanol–water partition coefficient (Wildman–Crippen LogP) is 4.55. The predicted molar refractivity (Wildman–Crippen MR) is 94.3 cm³/mol. The molecule has 0 aromatic heterocycles. The summed E-state index contributed by atoms with van der Waals surface area (Å²) in [5, 5.41) is 0. The second-order valence-corrected chi connectivity index (χ2v) is 9.14. The number of fused-ring (bicyclic) bond motifs is 3. The van der Waals surface area contributed by atoms with E-state index in [4.69, 9.17) is 4.74 Å². The van der Waals surface area contributed by atoms with Gasteiger partial charge in [-0.1, -0.05) is 32.4 Å². The Hall–Kier alpha value is -1.12. The fourth-order valence-electron chi connectivity index (χ4n) is 6.31. The molecule has 0 bridgehead atoms. The lowest BCUT2D eigenvalue weighted by Crippen LogP contribution is -2.57. The minimum atomic E-state index is -0.647. The molecule has 0 N–H and O–H groups in total. The maximum atomic E-state index is 12.6. The summed E-state index contributed by atoms with van der Waals surface area (Å²) in [5.41, 5.74) is 0.864. The third-order valence-corrected chi connectivity index (χ3v) is 7.43. The largest absolute Gasteiger partial charge is 0.469 e. The number of ketones is 1. The van der Waals surface area contributed by atoms with Gasteiger partial charge in [-0.3, -0.25) is 9.59 Å². The summed E-state index contributed by atoms with van der Waals surface area (Å²) in [6.07, 6.45) is 7.96. The molecule has 0 aromatic carbocycles. The van der Waals surface area contributed by atoms with Crippen LogP contribution in [0.5, 0.6) is 0 Å². The van der Waals surface area contributed by atoms with Crippen LogP contribution in [-0.4, -0.2) is 18.9 Å². The molecule has 24 heavy (non-hydrogen) atoms. The molecule has 0 amide bonds. The monoisotopic (exact) mass is 332 g/mol. The average molecular weight is 332 g/mol. The summed E-state index contributed by atoms with van der Waals surface area (Å²) < 4.78 is 5.12. The number of esters is 1. The molecular weight excluding hydrogens is 300 g/mol. The van der Waals surface area contributed by atoms with E-state index >= 15 is 0 Å². The molecule has 3 aliphatic rings. The molecule has 3 nitrogen and oxygen atoms in total. The van der Waals surface area contributed by atoms with E-state index in [1.165, 1.54) is 7.11 Å². The van der Waals surface area contributed by atoms with Crippen molar-refractivity contribution in [2.45, 2.75) is 66.2 Å². The van der Waals surface area contributed by atoms with E-state index in [2.05, 4.69) is 26.8 Å². The molecule has 0 saturated heterocycles. The summed E-state index contributed by atoms with van der Waals surface area (Å²) in [7, 11) is 1.45. The molecule has 0 spiro atoms. The van der Waals surface area contributed by atoms with Crippen molar-refractivity contribution in [3.8, 4) is 0 Å². The maximum absolute atomic E-state index is 12.6. The molecule has 1 unspecified atom stereocenters. The molecule has 2 fully saturated rings. The van der Waals surface area contributed by atoms with E-state index in [9.17, 15) is 9.59 Å². The molecule has 3 aliphatic carbocycles. The first-order valence-electron chi connectivity index (χ1n) is 9.53. The lowest BCUT2D eigenvalue weighted by atomic mass is 9.44. The summed E-state index contributed by atoms with van der Waals surface area (Å²) in [6, 6.07) is 0. The van der Waals surface area contributed by atoms with Crippen LogP contribution in [0.2, 0.25) is 0 Å². The molecule has 3 rings (SSSR count). The Balaban J connectivity index is 1.97. The standard InChI is InChI=1S/C21H32O3/c1-13(2)14-6-8-17-15(10-14)7-9-18-20(17,3)11-16(22)12-21(18,4)19(23)24-5/h10,13,15,17-18H,6-9,11-12H2,1-5H3/t15?,17-,18+,20+,21+/m0/s1. The lowest BCUT2D eigenvalue weighted by molar-refractivity contribution is -0.176. The minimum Gasteiger partial charge on any atom is -0.469 e. The quantitative estimate of drug-likeness (QED) is 0.550. The molecule has 2 saturated carbocycles. The molecule has 0 aliphatic heterocycles. The fraction of sp³-hybridized carbons (Fsp3) is 0.810. The zero-order valence-electron chi connectivity index (χ0n) is 15.9. The first kappa shape index (κ1) is 17.7. The van der Waals surface area contributed by atoms with Crippen LogP contribution < -0.4 is 0 Å². The second kappa shape index (κ2) is 6.00. The van der Waals surface area contributed by atoms with Crippen molar-refractivity contribution in [1.82, 2.24) is 0 Å². The number of rotatable bonds is 2. The Morgan fingerprint density at radius 2 is 1.92 bits per heavy atom. The van der Waals surface area contributed by atoms with Gasteiger partial charge in [0.1, 0.15) is 5.78 Å². The Morgan fingerprint density at radius 1 is 1.21 bits per heavy atom. The number of Topliss-reactive ketones (excluding diaryl/α,β-unsaturated/α-hetero) is 1. The summed E-state index contributed by atoms with van der Waals surface area (Å²) in [6.45, 7) is 8.80. The van der Waals surface area contributed by atoms with Gasteiger partial charge in [-0.25, -0.2) is 0 Å². The molecule has 134 valence electrons. The van der Waals surface area contributed by atoms with Crippen molar-refractivity contribution in [3.63, 3.8) is 0 Å². The first-order valence-corrected chi connectivity index (χ1v) is 9.53. The van der Waals surface area contributed by atoms with E-state index in [-0.39, 0.29) is 23.1 Å². The number of hydrogen-bond donors (Lipinski definition) is 0. The highest BCUT2D eigenvalue weighted by Gasteiger charge is 2.61.